The van der Waals surface area contributed by atoms with Crippen molar-refractivity contribution in [1.29, 1.82) is 0 Å². The SMILES string of the molecule is O=C(Cc1cnn2ccccc12)N1CCc2[nH]cnc2[C@H]1c1cc2ccccc2cn1. The maximum atomic E-state index is 13.5. The van der Waals surface area contributed by atoms with E-state index < -0.39 is 0 Å². The van der Waals surface area contributed by atoms with E-state index in [1.54, 1.807) is 17.0 Å². The van der Waals surface area contributed by atoms with Gasteiger partial charge in [0.1, 0.15) is 6.04 Å². The zero-order valence-electron chi connectivity index (χ0n) is 16.8. The van der Waals surface area contributed by atoms with Gasteiger partial charge in [-0.15, -0.1) is 0 Å². The van der Waals surface area contributed by atoms with Crippen LogP contribution < -0.4 is 0 Å². The van der Waals surface area contributed by atoms with Gasteiger partial charge in [0.2, 0.25) is 5.91 Å². The van der Waals surface area contributed by atoms with Gasteiger partial charge in [-0.05, 0) is 23.6 Å². The van der Waals surface area contributed by atoms with E-state index in [0.29, 0.717) is 6.54 Å². The summed E-state index contributed by atoms with van der Waals surface area (Å²) < 4.78 is 1.80. The quantitative estimate of drug-likeness (QED) is 0.497. The third kappa shape index (κ3) is 2.97. The standard InChI is InChI=1S/C24H20N6O/c31-22(12-18-14-28-30-9-4-3-7-21(18)30)29-10-8-19-23(27-15-26-19)24(29)20-11-16-5-1-2-6-17(16)13-25-20/h1-7,9,11,13-15,24H,8,10,12H2,(H,26,27)/t24-/m1/s1. The number of aromatic amines is 1. The number of nitrogens with one attached hydrogen (secondary N) is 1. The van der Waals surface area contributed by atoms with Crippen LogP contribution in [0.4, 0.5) is 0 Å². The fraction of sp³-hybridized carbons (Fsp3) is 0.167. The minimum Gasteiger partial charge on any atom is -0.348 e. The molecule has 5 aromatic rings. The Hall–Kier alpha value is -4.00. The van der Waals surface area contributed by atoms with Crippen LogP contribution in [0.2, 0.25) is 0 Å². The molecule has 1 aliphatic heterocycles. The zero-order valence-corrected chi connectivity index (χ0v) is 16.8. The van der Waals surface area contributed by atoms with Gasteiger partial charge in [-0.2, -0.15) is 5.10 Å². The number of benzene rings is 1. The van der Waals surface area contributed by atoms with Crippen LogP contribution in [0.15, 0.2) is 73.4 Å². The largest absolute Gasteiger partial charge is 0.348 e. The van der Waals surface area contributed by atoms with Crippen LogP contribution in [0.3, 0.4) is 0 Å². The molecule has 0 saturated heterocycles. The van der Waals surface area contributed by atoms with Gasteiger partial charge in [0.05, 0.1) is 35.8 Å². The maximum Gasteiger partial charge on any atom is 0.228 e. The molecular formula is C24H20N6O. The first-order chi connectivity index (χ1) is 15.3. The maximum absolute atomic E-state index is 13.5. The molecule has 5 heterocycles. The molecule has 0 spiro atoms. The average molecular weight is 408 g/mol. The predicted molar refractivity (Wildman–Crippen MR) is 116 cm³/mol. The summed E-state index contributed by atoms with van der Waals surface area (Å²) in [4.78, 5) is 27.9. The zero-order chi connectivity index (χ0) is 20.8. The first-order valence-corrected chi connectivity index (χ1v) is 10.4. The Bertz CT molecular complexity index is 1420. The van der Waals surface area contributed by atoms with Gasteiger partial charge in [0.25, 0.3) is 0 Å². The number of nitrogens with zero attached hydrogens (tertiary/aromatic N) is 5. The van der Waals surface area contributed by atoms with Gasteiger partial charge >= 0.3 is 0 Å². The predicted octanol–water partition coefficient (Wildman–Crippen LogP) is 3.32. The molecule has 0 saturated carbocycles. The normalized spacial score (nSPS) is 16.0. The number of fused-ring (bicyclic) bond motifs is 3. The molecule has 1 amide bonds. The van der Waals surface area contributed by atoms with Crippen molar-refractivity contribution in [1.82, 2.24) is 29.5 Å². The lowest BCUT2D eigenvalue weighted by molar-refractivity contribution is -0.132. The second-order valence-corrected chi connectivity index (χ2v) is 7.84. The van der Waals surface area contributed by atoms with E-state index in [-0.39, 0.29) is 18.4 Å². The first-order valence-electron chi connectivity index (χ1n) is 10.4. The topological polar surface area (TPSA) is 79.2 Å². The third-order valence-corrected chi connectivity index (χ3v) is 6.03. The summed E-state index contributed by atoms with van der Waals surface area (Å²) in [6.45, 7) is 0.617. The van der Waals surface area contributed by atoms with Gasteiger partial charge in [0, 0.05) is 42.0 Å². The number of rotatable bonds is 3. The number of carbonyl (C=O) groups is 1. The second-order valence-electron chi connectivity index (χ2n) is 7.84. The minimum absolute atomic E-state index is 0.0485. The number of amides is 1. The number of hydrogen-bond donors (Lipinski definition) is 1. The third-order valence-electron chi connectivity index (χ3n) is 6.03. The van der Waals surface area contributed by atoms with Crippen molar-refractivity contribution in [2.45, 2.75) is 18.9 Å². The summed E-state index contributed by atoms with van der Waals surface area (Å²) >= 11 is 0. The summed E-state index contributed by atoms with van der Waals surface area (Å²) in [5.41, 5.74) is 4.65. The van der Waals surface area contributed by atoms with Crippen molar-refractivity contribution in [3.63, 3.8) is 0 Å². The lowest BCUT2D eigenvalue weighted by Crippen LogP contribution is -2.41. The van der Waals surface area contributed by atoms with Crippen molar-refractivity contribution >= 4 is 22.2 Å². The molecule has 7 heteroatoms. The second kappa shape index (κ2) is 7.05. The van der Waals surface area contributed by atoms with Crippen LogP contribution in [0.5, 0.6) is 0 Å². The Kier molecular flexibility index (Phi) is 4.06. The van der Waals surface area contributed by atoms with Gasteiger partial charge in [-0.1, -0.05) is 30.3 Å². The molecule has 0 fully saturated rings. The van der Waals surface area contributed by atoms with E-state index in [0.717, 1.165) is 45.4 Å². The number of aromatic nitrogens is 5. The summed E-state index contributed by atoms with van der Waals surface area (Å²) in [5.74, 6) is 0.0485. The van der Waals surface area contributed by atoms with Crippen LogP contribution >= 0.6 is 0 Å². The van der Waals surface area contributed by atoms with E-state index in [2.05, 4.69) is 27.2 Å². The van der Waals surface area contributed by atoms with Gasteiger partial charge in [0.15, 0.2) is 0 Å². The number of H-pyrrole nitrogens is 1. The van der Waals surface area contributed by atoms with Crippen LogP contribution in [0.1, 0.15) is 28.7 Å². The van der Waals surface area contributed by atoms with Crippen molar-refractivity contribution < 1.29 is 4.79 Å². The van der Waals surface area contributed by atoms with E-state index in [1.165, 1.54) is 0 Å². The molecule has 1 N–H and O–H groups in total. The van der Waals surface area contributed by atoms with Crippen LogP contribution in [-0.4, -0.2) is 41.9 Å². The van der Waals surface area contributed by atoms with Crippen LogP contribution in [0, 0.1) is 0 Å². The van der Waals surface area contributed by atoms with E-state index >= 15 is 0 Å². The summed E-state index contributed by atoms with van der Waals surface area (Å²) in [5, 5.41) is 6.55. The molecule has 1 atom stereocenters. The molecule has 0 radical (unpaired) electrons. The Labute approximate surface area is 178 Å². The van der Waals surface area contributed by atoms with E-state index in [1.807, 2.05) is 53.7 Å². The fourth-order valence-corrected chi connectivity index (χ4v) is 4.48. The highest BCUT2D eigenvalue weighted by Gasteiger charge is 2.35. The van der Waals surface area contributed by atoms with Crippen LogP contribution in [0.25, 0.3) is 16.3 Å². The smallest absolute Gasteiger partial charge is 0.228 e. The van der Waals surface area contributed by atoms with E-state index in [4.69, 9.17) is 4.98 Å². The number of imidazole rings is 1. The highest BCUT2D eigenvalue weighted by Crippen LogP contribution is 2.34. The van der Waals surface area contributed by atoms with E-state index in [9.17, 15) is 4.79 Å². The monoisotopic (exact) mass is 408 g/mol. The van der Waals surface area contributed by atoms with Crippen molar-refractivity contribution in [3.05, 3.63) is 96.1 Å². The van der Waals surface area contributed by atoms with Crippen LogP contribution in [-0.2, 0) is 17.6 Å². The summed E-state index contributed by atoms with van der Waals surface area (Å²) in [6, 6.07) is 15.8. The number of carbonyl (C=O) groups excluding carboxylic acids is 1. The Morgan fingerprint density at radius 1 is 1.06 bits per heavy atom. The molecule has 0 unspecified atom stereocenters. The summed E-state index contributed by atoms with van der Waals surface area (Å²) in [6.07, 6.45) is 8.29. The Morgan fingerprint density at radius 2 is 1.94 bits per heavy atom. The highest BCUT2D eigenvalue weighted by molar-refractivity contribution is 5.84. The Morgan fingerprint density at radius 3 is 2.87 bits per heavy atom. The molecule has 1 aromatic carbocycles. The summed E-state index contributed by atoms with van der Waals surface area (Å²) in [7, 11) is 0. The molecule has 7 nitrogen and oxygen atoms in total. The molecule has 0 aliphatic carbocycles. The molecular weight excluding hydrogens is 388 g/mol. The van der Waals surface area contributed by atoms with Crippen molar-refractivity contribution in [3.8, 4) is 0 Å². The van der Waals surface area contributed by atoms with Gasteiger partial charge in [-0.3, -0.25) is 9.78 Å². The first kappa shape index (κ1) is 17.8. The lowest BCUT2D eigenvalue weighted by Gasteiger charge is -2.34. The molecule has 4 aromatic heterocycles. The highest BCUT2D eigenvalue weighted by atomic mass is 16.2. The van der Waals surface area contributed by atoms with Gasteiger partial charge in [-0.25, -0.2) is 9.50 Å². The Balaban J connectivity index is 1.40. The molecule has 152 valence electrons. The number of pyridine rings is 2. The van der Waals surface area contributed by atoms with Gasteiger partial charge < -0.3 is 9.88 Å². The average Bonchev–Trinajstić information content (AvgIpc) is 3.45. The molecule has 0 bridgehead atoms. The fourth-order valence-electron chi connectivity index (χ4n) is 4.48. The van der Waals surface area contributed by atoms with Crippen molar-refractivity contribution in [2.75, 3.05) is 6.54 Å². The minimum atomic E-state index is -0.311. The van der Waals surface area contributed by atoms with Crippen molar-refractivity contribution in [2.24, 2.45) is 0 Å². The molecule has 31 heavy (non-hydrogen) atoms. The lowest BCUT2D eigenvalue weighted by atomic mass is 9.97. The molecule has 1 aliphatic rings. The molecule has 6 rings (SSSR count). The number of hydrogen-bond acceptors (Lipinski definition) is 4.